The molecule has 2 aromatic heterocycles. The Balaban J connectivity index is 1.29. The monoisotopic (exact) mass is 436 g/mol. The molecule has 0 radical (unpaired) electrons. The first-order valence-electron chi connectivity index (χ1n) is 10.5. The fourth-order valence-corrected chi connectivity index (χ4v) is 3.99. The van der Waals surface area contributed by atoms with Gasteiger partial charge in [0.05, 0.1) is 6.20 Å². The van der Waals surface area contributed by atoms with Gasteiger partial charge in [-0.05, 0) is 36.2 Å². The number of benzene rings is 1. The van der Waals surface area contributed by atoms with Gasteiger partial charge in [-0.2, -0.15) is 4.98 Å². The highest BCUT2D eigenvalue weighted by atomic mass is 19.1. The number of nitrogens with zero attached hydrogens (tertiary/aromatic N) is 4. The molecule has 1 atom stereocenters. The molecule has 0 N–H and O–H groups in total. The van der Waals surface area contributed by atoms with Crippen LogP contribution in [0.2, 0.25) is 0 Å². The fraction of sp³-hybridized carbons (Fsp3) is 0.348. The molecule has 1 saturated heterocycles. The molecule has 0 saturated carbocycles. The van der Waals surface area contributed by atoms with Crippen molar-refractivity contribution < 1.29 is 23.2 Å². The average Bonchev–Trinajstić information content (AvgIpc) is 3.49. The predicted octanol–water partition coefficient (Wildman–Crippen LogP) is 3.71. The quantitative estimate of drug-likeness (QED) is 0.601. The number of amides is 1. The van der Waals surface area contributed by atoms with Crippen LogP contribution in [0.1, 0.15) is 54.4 Å². The number of Topliss-reactive ketones (excluding diaryl/α,β-unsaturated/α-hetero) is 1. The van der Waals surface area contributed by atoms with E-state index in [9.17, 15) is 14.0 Å². The second-order valence-electron chi connectivity index (χ2n) is 8.25. The summed E-state index contributed by atoms with van der Waals surface area (Å²) in [6.45, 7) is 4.31. The van der Waals surface area contributed by atoms with Crippen LogP contribution in [0.3, 0.4) is 0 Å². The maximum atomic E-state index is 14.4. The van der Waals surface area contributed by atoms with Crippen molar-refractivity contribution in [2.24, 2.45) is 0 Å². The Bertz CT molecular complexity index is 1210. The summed E-state index contributed by atoms with van der Waals surface area (Å²) >= 11 is 0. The molecule has 1 aliphatic heterocycles. The van der Waals surface area contributed by atoms with E-state index in [4.69, 9.17) is 9.26 Å². The number of fused-ring (bicyclic) bond motifs is 1. The molecule has 32 heavy (non-hydrogen) atoms. The van der Waals surface area contributed by atoms with Crippen LogP contribution in [0.5, 0.6) is 5.75 Å². The zero-order valence-corrected chi connectivity index (χ0v) is 17.7. The van der Waals surface area contributed by atoms with E-state index >= 15 is 0 Å². The number of anilines is 1. The second-order valence-corrected chi connectivity index (χ2v) is 8.25. The van der Waals surface area contributed by atoms with E-state index in [0.717, 1.165) is 0 Å². The van der Waals surface area contributed by atoms with Gasteiger partial charge in [0.25, 0.3) is 11.8 Å². The molecule has 8 nitrogen and oxygen atoms in total. The van der Waals surface area contributed by atoms with E-state index in [2.05, 4.69) is 15.1 Å². The van der Waals surface area contributed by atoms with E-state index < -0.39 is 11.9 Å². The maximum Gasteiger partial charge on any atom is 0.276 e. The van der Waals surface area contributed by atoms with E-state index in [-0.39, 0.29) is 17.6 Å². The number of pyridine rings is 1. The summed E-state index contributed by atoms with van der Waals surface area (Å²) in [6, 6.07) is 6.31. The van der Waals surface area contributed by atoms with Gasteiger partial charge in [-0.15, -0.1) is 0 Å². The second kappa shape index (κ2) is 7.81. The highest BCUT2D eigenvalue weighted by Gasteiger charge is 2.36. The van der Waals surface area contributed by atoms with Gasteiger partial charge < -0.3 is 14.2 Å². The molecule has 0 spiro atoms. The number of rotatable bonds is 5. The van der Waals surface area contributed by atoms with Crippen molar-refractivity contribution >= 4 is 17.4 Å². The van der Waals surface area contributed by atoms with E-state index in [1.165, 1.54) is 17.2 Å². The van der Waals surface area contributed by atoms with Crippen LogP contribution in [0.4, 0.5) is 10.1 Å². The lowest BCUT2D eigenvalue weighted by atomic mass is 10.1. The van der Waals surface area contributed by atoms with Crippen molar-refractivity contribution in [1.82, 2.24) is 15.1 Å². The zero-order valence-electron chi connectivity index (χ0n) is 17.7. The third-order valence-electron chi connectivity index (χ3n) is 5.74. The molecule has 1 aliphatic carbocycles. The summed E-state index contributed by atoms with van der Waals surface area (Å²) in [6.07, 6.45) is 1.93. The Morgan fingerprint density at radius 1 is 1.22 bits per heavy atom. The van der Waals surface area contributed by atoms with Crippen molar-refractivity contribution in [3.63, 3.8) is 0 Å². The SMILES string of the molecule is CC(C)c1noc(-c2ccc(OC3CCN(c4cc(F)c5c(c4)C(=O)CC5)C3=O)cn2)n1. The van der Waals surface area contributed by atoms with Crippen molar-refractivity contribution in [3.05, 3.63) is 53.2 Å². The van der Waals surface area contributed by atoms with Gasteiger partial charge >= 0.3 is 0 Å². The molecular weight excluding hydrogens is 415 g/mol. The third kappa shape index (κ3) is 3.53. The van der Waals surface area contributed by atoms with Crippen LogP contribution in [-0.4, -0.2) is 39.5 Å². The summed E-state index contributed by atoms with van der Waals surface area (Å²) in [5, 5.41) is 3.92. The normalized spacial score (nSPS) is 18.0. The number of carbonyl (C=O) groups is 2. The minimum absolute atomic E-state index is 0.0897. The largest absolute Gasteiger partial charge is 0.479 e. The summed E-state index contributed by atoms with van der Waals surface area (Å²) in [5.41, 5.74) is 1.71. The van der Waals surface area contributed by atoms with E-state index in [1.807, 2.05) is 13.8 Å². The molecule has 1 amide bonds. The number of halogens is 1. The first-order chi connectivity index (χ1) is 15.4. The van der Waals surface area contributed by atoms with Crippen molar-refractivity contribution in [2.75, 3.05) is 11.4 Å². The number of hydrogen-bond acceptors (Lipinski definition) is 7. The van der Waals surface area contributed by atoms with E-state index in [0.29, 0.717) is 65.8 Å². The van der Waals surface area contributed by atoms with E-state index in [1.54, 1.807) is 18.2 Å². The van der Waals surface area contributed by atoms with Crippen LogP contribution in [0.25, 0.3) is 11.6 Å². The van der Waals surface area contributed by atoms with Gasteiger partial charge in [-0.3, -0.25) is 9.59 Å². The topological polar surface area (TPSA) is 98.4 Å². The van der Waals surface area contributed by atoms with Crippen LogP contribution >= 0.6 is 0 Å². The van der Waals surface area contributed by atoms with Gasteiger partial charge in [-0.25, -0.2) is 9.37 Å². The Labute approximate surface area is 183 Å². The lowest BCUT2D eigenvalue weighted by Crippen LogP contribution is -2.32. The minimum atomic E-state index is -0.717. The van der Waals surface area contributed by atoms with Crippen LogP contribution in [-0.2, 0) is 11.2 Å². The van der Waals surface area contributed by atoms with Crippen LogP contribution < -0.4 is 9.64 Å². The fourth-order valence-electron chi connectivity index (χ4n) is 3.99. The van der Waals surface area contributed by atoms with Gasteiger partial charge in [0.1, 0.15) is 17.3 Å². The zero-order chi connectivity index (χ0) is 22.4. The van der Waals surface area contributed by atoms with Gasteiger partial charge in [0.2, 0.25) is 0 Å². The lowest BCUT2D eigenvalue weighted by molar-refractivity contribution is -0.122. The molecule has 1 aromatic carbocycles. The van der Waals surface area contributed by atoms with Crippen LogP contribution in [0, 0.1) is 5.82 Å². The van der Waals surface area contributed by atoms with Gasteiger partial charge in [0, 0.05) is 36.6 Å². The minimum Gasteiger partial charge on any atom is -0.479 e. The molecule has 2 aliphatic rings. The first-order valence-corrected chi connectivity index (χ1v) is 10.5. The van der Waals surface area contributed by atoms with Crippen molar-refractivity contribution in [2.45, 2.75) is 45.1 Å². The number of hydrogen-bond donors (Lipinski definition) is 0. The molecule has 3 aromatic rings. The first kappa shape index (κ1) is 20.3. The molecule has 0 bridgehead atoms. The van der Waals surface area contributed by atoms with Gasteiger partial charge in [-0.1, -0.05) is 19.0 Å². The molecular formula is C23H21FN4O4. The molecule has 3 heterocycles. The Kier molecular flexibility index (Phi) is 4.96. The van der Waals surface area contributed by atoms with Crippen LogP contribution in [0.15, 0.2) is 35.0 Å². The van der Waals surface area contributed by atoms with Crippen molar-refractivity contribution in [3.8, 4) is 17.3 Å². The Morgan fingerprint density at radius 3 is 2.78 bits per heavy atom. The molecule has 1 unspecified atom stereocenters. The lowest BCUT2D eigenvalue weighted by Gasteiger charge is -2.18. The molecule has 9 heteroatoms. The number of carbonyl (C=O) groups excluding carboxylic acids is 2. The molecule has 5 rings (SSSR count). The smallest absolute Gasteiger partial charge is 0.276 e. The average molecular weight is 436 g/mol. The molecule has 1 fully saturated rings. The maximum absolute atomic E-state index is 14.4. The standard InChI is InChI=1S/C23H21FN4O4/c1-12(2)21-26-22(32-27-21)18-5-3-14(11-25-18)31-20-7-8-28(23(20)30)13-9-16-15(17(24)10-13)4-6-19(16)29/h3,5,9-12,20H,4,6-8H2,1-2H3. The predicted molar refractivity (Wildman–Crippen MR) is 112 cm³/mol. The highest BCUT2D eigenvalue weighted by Crippen LogP contribution is 2.32. The van der Waals surface area contributed by atoms with Crippen molar-refractivity contribution in [1.29, 1.82) is 0 Å². The number of ether oxygens (including phenoxy) is 1. The third-order valence-corrected chi connectivity index (χ3v) is 5.74. The number of aromatic nitrogens is 3. The summed E-state index contributed by atoms with van der Waals surface area (Å²) < 4.78 is 25.5. The number of ketones is 1. The van der Waals surface area contributed by atoms with Gasteiger partial charge in [0.15, 0.2) is 17.7 Å². The Hall–Kier alpha value is -3.62. The Morgan fingerprint density at radius 2 is 2.06 bits per heavy atom. The highest BCUT2D eigenvalue weighted by molar-refractivity contribution is 6.04. The molecule has 164 valence electrons. The summed E-state index contributed by atoms with van der Waals surface area (Å²) in [5.74, 6) is 0.670. The summed E-state index contributed by atoms with van der Waals surface area (Å²) in [4.78, 5) is 35.0. The summed E-state index contributed by atoms with van der Waals surface area (Å²) in [7, 11) is 0.